The van der Waals surface area contributed by atoms with Crippen molar-refractivity contribution in [2.24, 2.45) is 5.73 Å². The maximum atomic E-state index is 12.7. The summed E-state index contributed by atoms with van der Waals surface area (Å²) in [6, 6.07) is 14.8. The summed E-state index contributed by atoms with van der Waals surface area (Å²) >= 11 is 0. The largest absolute Gasteiger partial charge is 0.369 e. The molecule has 0 saturated carbocycles. The Labute approximate surface area is 161 Å². The Balaban J connectivity index is 0.000000194. The van der Waals surface area contributed by atoms with E-state index in [9.17, 15) is 9.18 Å². The molecule has 1 aliphatic rings. The Morgan fingerprint density at radius 1 is 1.30 bits per heavy atom. The lowest BCUT2D eigenvalue weighted by molar-refractivity contribution is -0.119. The number of hydrogen-bond acceptors (Lipinski definition) is 2. The minimum Gasteiger partial charge on any atom is -0.369 e. The van der Waals surface area contributed by atoms with Crippen LogP contribution in [0.3, 0.4) is 0 Å². The number of likely N-dealkylation sites (N-methyl/N-ethyl adjacent to an activating group) is 1. The summed E-state index contributed by atoms with van der Waals surface area (Å²) in [5, 5.41) is 3.12. The van der Waals surface area contributed by atoms with Crippen molar-refractivity contribution in [2.45, 2.75) is 37.5 Å². The summed E-state index contributed by atoms with van der Waals surface area (Å²) in [6.07, 6.45) is 5.87. The van der Waals surface area contributed by atoms with Crippen LogP contribution in [0.5, 0.6) is 0 Å². The van der Waals surface area contributed by atoms with Gasteiger partial charge in [-0.2, -0.15) is 0 Å². The predicted octanol–water partition coefficient (Wildman–Crippen LogP) is 4.30. The summed E-state index contributed by atoms with van der Waals surface area (Å²) in [7, 11) is 1.92. The Bertz CT molecular complexity index is 742. The van der Waals surface area contributed by atoms with Crippen molar-refractivity contribution in [1.82, 2.24) is 5.32 Å². The van der Waals surface area contributed by atoms with Crippen LogP contribution in [0.2, 0.25) is 0 Å². The molecule has 0 radical (unpaired) electrons. The minimum atomic E-state index is -0.188. The number of carbonyl (C=O) groups excluding carboxylic acids is 1. The highest BCUT2D eigenvalue weighted by molar-refractivity contribution is 5.82. The summed E-state index contributed by atoms with van der Waals surface area (Å²) in [5.74, 6) is -0.0363. The predicted molar refractivity (Wildman–Crippen MR) is 109 cm³/mol. The van der Waals surface area contributed by atoms with Crippen LogP contribution in [0.4, 0.5) is 4.39 Å². The fourth-order valence-electron chi connectivity index (χ4n) is 3.57. The molecule has 0 aliphatic heterocycles. The van der Waals surface area contributed by atoms with Gasteiger partial charge >= 0.3 is 0 Å². The zero-order valence-electron chi connectivity index (χ0n) is 16.0. The SMILES string of the molecule is C=CC[C@H](CNC)c1ccc(F)cc1.NC(=O)C1CCCc2ccccc21. The lowest BCUT2D eigenvalue weighted by Crippen LogP contribution is -2.24. The second kappa shape index (κ2) is 10.6. The van der Waals surface area contributed by atoms with E-state index < -0.39 is 0 Å². The minimum absolute atomic E-state index is 0.0510. The van der Waals surface area contributed by atoms with E-state index in [1.54, 1.807) is 0 Å². The van der Waals surface area contributed by atoms with Crippen molar-refractivity contribution in [1.29, 1.82) is 0 Å². The average Bonchev–Trinajstić information content (AvgIpc) is 2.68. The summed E-state index contributed by atoms with van der Waals surface area (Å²) in [4.78, 5) is 11.1. The fourth-order valence-corrected chi connectivity index (χ4v) is 3.57. The lowest BCUT2D eigenvalue weighted by atomic mass is 9.82. The van der Waals surface area contributed by atoms with E-state index in [-0.39, 0.29) is 17.6 Å². The number of primary amides is 1. The van der Waals surface area contributed by atoms with Gasteiger partial charge < -0.3 is 11.1 Å². The zero-order chi connectivity index (χ0) is 19.6. The third kappa shape index (κ3) is 6.04. The number of carbonyl (C=O) groups is 1. The molecule has 0 spiro atoms. The highest BCUT2D eigenvalue weighted by Gasteiger charge is 2.23. The van der Waals surface area contributed by atoms with Gasteiger partial charge in [-0.05, 0) is 67.5 Å². The number of aryl methyl sites for hydroxylation is 1. The van der Waals surface area contributed by atoms with Crippen LogP contribution < -0.4 is 11.1 Å². The van der Waals surface area contributed by atoms with Gasteiger partial charge in [0.15, 0.2) is 0 Å². The Morgan fingerprint density at radius 2 is 2.00 bits per heavy atom. The van der Waals surface area contributed by atoms with E-state index in [4.69, 9.17) is 5.73 Å². The van der Waals surface area contributed by atoms with E-state index in [0.29, 0.717) is 5.92 Å². The first-order chi connectivity index (χ1) is 13.1. The first-order valence-electron chi connectivity index (χ1n) is 9.44. The van der Waals surface area contributed by atoms with E-state index >= 15 is 0 Å². The molecule has 1 aliphatic carbocycles. The molecule has 3 rings (SSSR count). The summed E-state index contributed by atoms with van der Waals surface area (Å²) in [5.41, 5.74) is 8.93. The normalized spacial score (nSPS) is 16.4. The first-order valence-corrected chi connectivity index (χ1v) is 9.44. The van der Waals surface area contributed by atoms with Gasteiger partial charge in [-0.3, -0.25) is 4.79 Å². The number of nitrogens with one attached hydrogen (secondary N) is 1. The maximum absolute atomic E-state index is 12.7. The van der Waals surface area contributed by atoms with Gasteiger partial charge in [0.1, 0.15) is 5.82 Å². The van der Waals surface area contributed by atoms with Crippen LogP contribution in [0.15, 0.2) is 61.2 Å². The Morgan fingerprint density at radius 3 is 2.63 bits per heavy atom. The van der Waals surface area contributed by atoms with Gasteiger partial charge in [-0.15, -0.1) is 6.58 Å². The highest BCUT2D eigenvalue weighted by Crippen LogP contribution is 2.30. The van der Waals surface area contributed by atoms with Gasteiger partial charge in [0.05, 0.1) is 5.92 Å². The second-order valence-corrected chi connectivity index (χ2v) is 6.88. The number of halogens is 1. The van der Waals surface area contributed by atoms with Crippen molar-refractivity contribution < 1.29 is 9.18 Å². The zero-order valence-corrected chi connectivity index (χ0v) is 16.0. The number of benzene rings is 2. The molecule has 0 fully saturated rings. The van der Waals surface area contributed by atoms with Gasteiger partial charge in [-0.25, -0.2) is 4.39 Å². The number of rotatable bonds is 6. The third-order valence-corrected chi connectivity index (χ3v) is 4.96. The average molecular weight is 368 g/mol. The molecule has 3 nitrogen and oxygen atoms in total. The van der Waals surface area contributed by atoms with Gasteiger partial charge in [0, 0.05) is 6.54 Å². The summed E-state index contributed by atoms with van der Waals surface area (Å²) in [6.45, 7) is 4.61. The Hall–Kier alpha value is -2.46. The molecule has 0 aromatic heterocycles. The molecule has 2 atom stereocenters. The standard InChI is InChI=1S/C12H16FN.C11H13NO/c1-3-4-11(9-14-2)10-5-7-12(13)8-6-10;12-11(13)10-7-3-5-8-4-1-2-6-9(8)10/h3,5-8,11,14H,1,4,9H2,2H3;1-2,4,6,10H,3,5,7H2,(H2,12,13)/t11-;/m1./s1. The van der Waals surface area contributed by atoms with Crippen LogP contribution in [-0.4, -0.2) is 19.5 Å². The molecular formula is C23H29FN2O. The molecular weight excluding hydrogens is 339 g/mol. The quantitative estimate of drug-likeness (QED) is 0.747. The van der Waals surface area contributed by atoms with Crippen LogP contribution in [0, 0.1) is 5.82 Å². The molecule has 4 heteroatoms. The number of allylic oxidation sites excluding steroid dienone is 1. The van der Waals surface area contributed by atoms with E-state index in [0.717, 1.165) is 43.4 Å². The van der Waals surface area contributed by atoms with E-state index in [1.165, 1.54) is 17.7 Å². The molecule has 1 unspecified atom stereocenters. The smallest absolute Gasteiger partial charge is 0.224 e. The molecule has 3 N–H and O–H groups in total. The first kappa shape index (κ1) is 20.8. The van der Waals surface area contributed by atoms with Crippen molar-refractivity contribution in [3.05, 3.63) is 83.7 Å². The molecule has 0 bridgehead atoms. The monoisotopic (exact) mass is 368 g/mol. The van der Waals surface area contributed by atoms with Gasteiger partial charge in [0.25, 0.3) is 0 Å². The van der Waals surface area contributed by atoms with Crippen molar-refractivity contribution in [3.8, 4) is 0 Å². The topological polar surface area (TPSA) is 55.1 Å². The van der Waals surface area contributed by atoms with Crippen molar-refractivity contribution >= 4 is 5.91 Å². The number of amides is 1. The molecule has 2 aromatic carbocycles. The fraction of sp³-hybridized carbons (Fsp3) is 0.348. The Kier molecular flexibility index (Phi) is 8.21. The molecule has 2 aromatic rings. The van der Waals surface area contributed by atoms with Crippen LogP contribution in [0.25, 0.3) is 0 Å². The van der Waals surface area contributed by atoms with E-state index in [2.05, 4.69) is 18.0 Å². The number of nitrogens with two attached hydrogens (primary N) is 1. The molecule has 27 heavy (non-hydrogen) atoms. The number of hydrogen-bond donors (Lipinski definition) is 2. The molecule has 0 heterocycles. The lowest BCUT2D eigenvalue weighted by Gasteiger charge is -2.22. The van der Waals surface area contributed by atoms with Crippen LogP contribution >= 0.6 is 0 Å². The van der Waals surface area contributed by atoms with E-state index in [1.807, 2.05) is 43.5 Å². The second-order valence-electron chi connectivity index (χ2n) is 6.88. The van der Waals surface area contributed by atoms with Crippen LogP contribution in [0.1, 0.15) is 47.8 Å². The highest BCUT2D eigenvalue weighted by atomic mass is 19.1. The summed E-state index contributed by atoms with van der Waals surface area (Å²) < 4.78 is 12.7. The van der Waals surface area contributed by atoms with Crippen molar-refractivity contribution in [2.75, 3.05) is 13.6 Å². The van der Waals surface area contributed by atoms with Gasteiger partial charge in [-0.1, -0.05) is 42.5 Å². The molecule has 0 saturated heterocycles. The van der Waals surface area contributed by atoms with Crippen LogP contribution in [-0.2, 0) is 11.2 Å². The maximum Gasteiger partial charge on any atom is 0.224 e. The van der Waals surface area contributed by atoms with Crippen molar-refractivity contribution in [3.63, 3.8) is 0 Å². The third-order valence-electron chi connectivity index (χ3n) is 4.96. The number of fused-ring (bicyclic) bond motifs is 1. The van der Waals surface area contributed by atoms with Gasteiger partial charge in [0.2, 0.25) is 5.91 Å². The molecule has 144 valence electrons. The molecule has 1 amide bonds.